The highest BCUT2D eigenvalue weighted by Crippen LogP contribution is 2.31. The highest BCUT2D eigenvalue weighted by atomic mass is 79.9. The molecule has 0 aliphatic rings. The second-order valence-corrected chi connectivity index (χ2v) is 7.43. The molecule has 102 valence electrons. The molecule has 0 amide bonds. The summed E-state index contributed by atoms with van der Waals surface area (Å²) in [4.78, 5) is 1.21. The Bertz CT molecular complexity index is 552. The van der Waals surface area contributed by atoms with Crippen LogP contribution in [0.5, 0.6) is 0 Å². The molecule has 0 unspecified atom stereocenters. The summed E-state index contributed by atoms with van der Waals surface area (Å²) in [7, 11) is 0. The van der Waals surface area contributed by atoms with Gasteiger partial charge >= 0.3 is 0 Å². The van der Waals surface area contributed by atoms with E-state index in [1.807, 2.05) is 18.2 Å². The minimum atomic E-state index is 0.666. The van der Waals surface area contributed by atoms with Crippen LogP contribution in [0.3, 0.4) is 0 Å². The Labute approximate surface area is 140 Å². The molecular formula is C13H11BrCl3NS. The van der Waals surface area contributed by atoms with Gasteiger partial charge in [-0.15, -0.1) is 11.3 Å². The fourth-order valence-corrected chi connectivity index (χ4v) is 3.90. The van der Waals surface area contributed by atoms with Crippen LogP contribution in [0.25, 0.3) is 0 Å². The number of rotatable bonds is 5. The Kier molecular flexibility index (Phi) is 6.00. The summed E-state index contributed by atoms with van der Waals surface area (Å²) >= 11 is 22.9. The van der Waals surface area contributed by atoms with Crippen LogP contribution in [0.4, 0.5) is 0 Å². The molecule has 2 aromatic rings. The lowest BCUT2D eigenvalue weighted by Gasteiger charge is -2.06. The summed E-state index contributed by atoms with van der Waals surface area (Å²) in [5.41, 5.74) is 1.10. The van der Waals surface area contributed by atoms with Gasteiger partial charge in [0.15, 0.2) is 0 Å². The van der Waals surface area contributed by atoms with Crippen molar-refractivity contribution in [3.8, 4) is 0 Å². The monoisotopic (exact) mass is 397 g/mol. The van der Waals surface area contributed by atoms with Crippen LogP contribution in [-0.2, 0) is 13.0 Å². The van der Waals surface area contributed by atoms with Crippen LogP contribution in [0.1, 0.15) is 10.4 Å². The predicted octanol–water partition coefficient (Wildman–Crippen LogP) is 5.80. The average molecular weight is 400 g/mol. The van der Waals surface area contributed by atoms with Crippen LogP contribution >= 0.6 is 62.1 Å². The van der Waals surface area contributed by atoms with E-state index in [-0.39, 0.29) is 0 Å². The molecule has 1 heterocycles. The van der Waals surface area contributed by atoms with E-state index in [4.69, 9.17) is 34.8 Å². The van der Waals surface area contributed by atoms with E-state index in [0.717, 1.165) is 38.9 Å². The lowest BCUT2D eigenvalue weighted by Crippen LogP contribution is -2.16. The van der Waals surface area contributed by atoms with Crippen LogP contribution in [0.2, 0.25) is 14.4 Å². The zero-order valence-electron chi connectivity index (χ0n) is 9.85. The molecule has 19 heavy (non-hydrogen) atoms. The molecule has 0 saturated carbocycles. The summed E-state index contributed by atoms with van der Waals surface area (Å²) in [6.45, 7) is 1.66. The Hall–Kier alpha value is 0.230. The molecule has 0 bridgehead atoms. The van der Waals surface area contributed by atoms with E-state index in [1.54, 1.807) is 17.4 Å². The molecule has 1 nitrogen and oxygen atoms in total. The van der Waals surface area contributed by atoms with Crippen LogP contribution < -0.4 is 5.32 Å². The van der Waals surface area contributed by atoms with Crippen molar-refractivity contribution in [3.63, 3.8) is 0 Å². The van der Waals surface area contributed by atoms with E-state index in [0.29, 0.717) is 5.02 Å². The summed E-state index contributed by atoms with van der Waals surface area (Å²) in [6, 6.07) is 7.63. The molecule has 2 rings (SSSR count). The van der Waals surface area contributed by atoms with Gasteiger partial charge in [-0.25, -0.2) is 0 Å². The summed E-state index contributed by atoms with van der Waals surface area (Å²) in [5, 5.41) is 4.76. The maximum Gasteiger partial charge on any atom is 0.107 e. The molecular weight excluding hydrogens is 388 g/mol. The molecule has 0 aliphatic carbocycles. The van der Waals surface area contributed by atoms with Crippen molar-refractivity contribution < 1.29 is 0 Å². The van der Waals surface area contributed by atoms with Crippen LogP contribution in [0.15, 0.2) is 28.7 Å². The van der Waals surface area contributed by atoms with Crippen molar-refractivity contribution in [2.75, 3.05) is 6.54 Å². The fourth-order valence-electron chi connectivity index (χ4n) is 1.64. The number of benzene rings is 1. The van der Waals surface area contributed by atoms with Crippen molar-refractivity contribution in [2.24, 2.45) is 0 Å². The third-order valence-electron chi connectivity index (χ3n) is 2.58. The number of thiophene rings is 1. The lowest BCUT2D eigenvalue weighted by molar-refractivity contribution is 0.693. The van der Waals surface area contributed by atoms with Crippen molar-refractivity contribution in [1.29, 1.82) is 0 Å². The van der Waals surface area contributed by atoms with Gasteiger partial charge in [0.2, 0.25) is 0 Å². The first kappa shape index (κ1) is 15.6. The Morgan fingerprint density at radius 2 is 1.95 bits per heavy atom. The quantitative estimate of drug-likeness (QED) is 0.626. The van der Waals surface area contributed by atoms with Gasteiger partial charge in [-0.2, -0.15) is 0 Å². The van der Waals surface area contributed by atoms with E-state index < -0.39 is 0 Å². The van der Waals surface area contributed by atoms with Gasteiger partial charge < -0.3 is 5.32 Å². The summed E-state index contributed by atoms with van der Waals surface area (Å²) < 4.78 is 1.74. The number of halogens is 4. The number of hydrogen-bond acceptors (Lipinski definition) is 2. The summed E-state index contributed by atoms with van der Waals surface area (Å²) in [6.07, 6.45) is 0.871. The van der Waals surface area contributed by atoms with Crippen molar-refractivity contribution in [2.45, 2.75) is 13.0 Å². The van der Waals surface area contributed by atoms with Gasteiger partial charge in [0.1, 0.15) is 4.34 Å². The first-order chi connectivity index (χ1) is 9.06. The van der Waals surface area contributed by atoms with E-state index >= 15 is 0 Å². The molecule has 0 saturated heterocycles. The first-order valence-electron chi connectivity index (χ1n) is 5.64. The lowest BCUT2D eigenvalue weighted by atomic mass is 10.1. The Morgan fingerprint density at radius 1 is 1.16 bits per heavy atom. The Balaban J connectivity index is 1.80. The normalized spacial score (nSPS) is 10.9. The average Bonchev–Trinajstić information content (AvgIpc) is 2.66. The second kappa shape index (κ2) is 7.30. The molecule has 1 aromatic carbocycles. The van der Waals surface area contributed by atoms with E-state index in [9.17, 15) is 0 Å². The zero-order chi connectivity index (χ0) is 13.8. The molecule has 1 N–H and O–H groups in total. The molecule has 0 fully saturated rings. The molecule has 0 aliphatic heterocycles. The largest absolute Gasteiger partial charge is 0.312 e. The number of hydrogen-bond donors (Lipinski definition) is 1. The minimum Gasteiger partial charge on any atom is -0.312 e. The van der Waals surface area contributed by atoms with Gasteiger partial charge in [-0.1, -0.05) is 40.9 Å². The number of nitrogens with one attached hydrogen (secondary N) is 1. The molecule has 1 aromatic heterocycles. The van der Waals surface area contributed by atoms with Crippen molar-refractivity contribution in [3.05, 3.63) is 53.6 Å². The topological polar surface area (TPSA) is 12.0 Å². The van der Waals surface area contributed by atoms with Gasteiger partial charge in [0.25, 0.3) is 0 Å². The van der Waals surface area contributed by atoms with Gasteiger partial charge in [0.05, 0.1) is 0 Å². The first-order valence-corrected chi connectivity index (χ1v) is 8.39. The van der Waals surface area contributed by atoms with Crippen molar-refractivity contribution >= 4 is 62.1 Å². The smallest absolute Gasteiger partial charge is 0.107 e. The molecule has 6 heteroatoms. The predicted molar refractivity (Wildman–Crippen MR) is 88.9 cm³/mol. The summed E-state index contributed by atoms with van der Waals surface area (Å²) in [5.74, 6) is 0. The van der Waals surface area contributed by atoms with Crippen LogP contribution in [0, 0.1) is 0 Å². The molecule has 0 atom stereocenters. The van der Waals surface area contributed by atoms with Gasteiger partial charge in [0, 0.05) is 25.9 Å². The van der Waals surface area contributed by atoms with E-state index in [1.165, 1.54) is 4.88 Å². The van der Waals surface area contributed by atoms with Crippen molar-refractivity contribution in [1.82, 2.24) is 5.32 Å². The molecule has 0 radical (unpaired) electrons. The Morgan fingerprint density at radius 3 is 2.58 bits per heavy atom. The second-order valence-electron chi connectivity index (χ2n) is 4.00. The molecule has 0 spiro atoms. The maximum atomic E-state index is 6.12. The maximum absolute atomic E-state index is 6.12. The fraction of sp³-hybridized carbons (Fsp3) is 0.231. The SMILES string of the molecule is Clc1ccc(CCNCc2cc(Br)c(Cl)s2)c(Cl)c1. The highest BCUT2D eigenvalue weighted by molar-refractivity contribution is 9.10. The van der Waals surface area contributed by atoms with Gasteiger partial charge in [-0.3, -0.25) is 0 Å². The zero-order valence-corrected chi connectivity index (χ0v) is 14.5. The van der Waals surface area contributed by atoms with Gasteiger partial charge in [-0.05, 0) is 52.7 Å². The third-order valence-corrected chi connectivity index (χ3v) is 5.64. The van der Waals surface area contributed by atoms with E-state index in [2.05, 4.69) is 21.2 Å². The van der Waals surface area contributed by atoms with Crippen LogP contribution in [-0.4, -0.2) is 6.54 Å². The highest BCUT2D eigenvalue weighted by Gasteiger charge is 2.04. The minimum absolute atomic E-state index is 0.666. The third kappa shape index (κ3) is 4.62. The standard InChI is InChI=1S/C13H11BrCl3NS/c14-11-6-10(19-13(11)17)7-18-4-3-8-1-2-9(15)5-12(8)16/h1-2,5-6,18H,3-4,7H2.